The van der Waals surface area contributed by atoms with Crippen molar-refractivity contribution in [2.75, 3.05) is 5.32 Å². The molecule has 108 valence electrons. The lowest BCUT2D eigenvalue weighted by Crippen LogP contribution is -2.18. The minimum absolute atomic E-state index is 0.238. The highest BCUT2D eigenvalue weighted by molar-refractivity contribution is 9.10. The van der Waals surface area contributed by atoms with Gasteiger partial charge in [0.05, 0.1) is 16.2 Å². The molecule has 1 amide bonds. The largest absolute Gasteiger partial charge is 0.311 e. The predicted molar refractivity (Wildman–Crippen MR) is 84.6 cm³/mol. The van der Waals surface area contributed by atoms with Crippen LogP contribution in [0, 0.1) is 11.3 Å². The van der Waals surface area contributed by atoms with Gasteiger partial charge in [0.25, 0.3) is 5.91 Å². The van der Waals surface area contributed by atoms with Crippen LogP contribution in [0.3, 0.4) is 0 Å². The fourth-order valence-electron chi connectivity index (χ4n) is 2.60. The summed E-state index contributed by atoms with van der Waals surface area (Å²) < 4.78 is 2.29. The summed E-state index contributed by atoms with van der Waals surface area (Å²) in [6.07, 6.45) is 4.64. The summed E-state index contributed by atoms with van der Waals surface area (Å²) in [7, 11) is 0. The molecule has 0 spiro atoms. The monoisotopic (exact) mass is 364 g/mol. The molecule has 0 atom stereocenters. The van der Waals surface area contributed by atoms with Crippen LogP contribution in [0.4, 0.5) is 5.00 Å². The second-order valence-electron chi connectivity index (χ2n) is 4.78. The molecule has 0 fully saturated rings. The molecule has 0 radical (unpaired) electrons. The van der Waals surface area contributed by atoms with Gasteiger partial charge in [0.1, 0.15) is 16.8 Å². The number of aryl methyl sites for hydroxylation is 2. The van der Waals surface area contributed by atoms with E-state index in [1.165, 1.54) is 16.2 Å². The van der Waals surface area contributed by atoms with E-state index in [0.717, 1.165) is 24.8 Å². The van der Waals surface area contributed by atoms with Crippen LogP contribution < -0.4 is 5.32 Å². The minimum atomic E-state index is -0.238. The van der Waals surface area contributed by atoms with Gasteiger partial charge in [-0.05, 0) is 47.7 Å². The van der Waals surface area contributed by atoms with Crippen LogP contribution >= 0.6 is 27.3 Å². The summed E-state index contributed by atoms with van der Waals surface area (Å²) in [4.78, 5) is 13.7. The average molecular weight is 365 g/mol. The van der Waals surface area contributed by atoms with Crippen LogP contribution in [-0.4, -0.2) is 15.7 Å². The first-order chi connectivity index (χ1) is 10.2. The van der Waals surface area contributed by atoms with Gasteiger partial charge in [0, 0.05) is 11.4 Å². The van der Waals surface area contributed by atoms with Crippen molar-refractivity contribution in [1.82, 2.24) is 9.78 Å². The Morgan fingerprint density at radius 1 is 1.62 bits per heavy atom. The van der Waals surface area contributed by atoms with E-state index in [1.54, 1.807) is 10.9 Å². The van der Waals surface area contributed by atoms with Gasteiger partial charge in [0.15, 0.2) is 0 Å². The van der Waals surface area contributed by atoms with Crippen molar-refractivity contribution in [3.05, 3.63) is 32.4 Å². The average Bonchev–Trinajstić information content (AvgIpc) is 3.12. The van der Waals surface area contributed by atoms with Crippen LogP contribution in [0.25, 0.3) is 0 Å². The molecule has 2 aromatic heterocycles. The predicted octanol–water partition coefficient (Wildman–Crippen LogP) is 3.34. The lowest BCUT2D eigenvalue weighted by molar-refractivity contribution is 0.101. The van der Waals surface area contributed by atoms with Gasteiger partial charge in [-0.15, -0.1) is 11.3 Å². The minimum Gasteiger partial charge on any atom is -0.311 e. The molecule has 1 aliphatic carbocycles. The number of thiophene rings is 1. The summed E-state index contributed by atoms with van der Waals surface area (Å²) in [6.45, 7) is 2.54. The van der Waals surface area contributed by atoms with Gasteiger partial charge in [-0.2, -0.15) is 10.4 Å². The SMILES string of the molecule is CCn1ncc(Br)c1C(=O)Nc1sc2c(c1C#N)CCC2. The van der Waals surface area contributed by atoms with E-state index in [1.807, 2.05) is 6.92 Å². The van der Waals surface area contributed by atoms with Crippen molar-refractivity contribution < 1.29 is 4.79 Å². The molecule has 3 rings (SSSR count). The van der Waals surface area contributed by atoms with Gasteiger partial charge in [-0.3, -0.25) is 9.48 Å². The van der Waals surface area contributed by atoms with Crippen LogP contribution in [0.5, 0.6) is 0 Å². The number of nitrogens with one attached hydrogen (secondary N) is 1. The molecule has 0 bridgehead atoms. The number of nitrogens with zero attached hydrogens (tertiary/aromatic N) is 3. The van der Waals surface area contributed by atoms with E-state index in [9.17, 15) is 10.1 Å². The number of amides is 1. The lowest BCUT2D eigenvalue weighted by Gasteiger charge is -2.06. The van der Waals surface area contributed by atoms with E-state index in [0.29, 0.717) is 27.3 Å². The Morgan fingerprint density at radius 3 is 3.14 bits per heavy atom. The number of rotatable bonds is 3. The van der Waals surface area contributed by atoms with Gasteiger partial charge in [-0.25, -0.2) is 0 Å². The molecular formula is C14H13BrN4OS. The van der Waals surface area contributed by atoms with E-state index in [4.69, 9.17) is 0 Å². The summed E-state index contributed by atoms with van der Waals surface area (Å²) >= 11 is 4.86. The fourth-order valence-corrected chi connectivity index (χ4v) is 4.31. The second kappa shape index (κ2) is 5.62. The Kier molecular flexibility index (Phi) is 3.83. The Hall–Kier alpha value is -1.65. The Balaban J connectivity index is 1.92. The topological polar surface area (TPSA) is 70.7 Å². The number of hydrogen-bond donors (Lipinski definition) is 1. The van der Waals surface area contributed by atoms with Crippen LogP contribution in [0.1, 0.15) is 39.8 Å². The highest BCUT2D eigenvalue weighted by atomic mass is 79.9. The second-order valence-corrected chi connectivity index (χ2v) is 6.74. The first-order valence-electron chi connectivity index (χ1n) is 6.73. The van der Waals surface area contributed by atoms with Gasteiger partial charge in [-0.1, -0.05) is 0 Å². The van der Waals surface area contributed by atoms with Gasteiger partial charge < -0.3 is 5.32 Å². The zero-order valence-electron chi connectivity index (χ0n) is 11.4. The summed E-state index contributed by atoms with van der Waals surface area (Å²) in [5, 5.41) is 17.0. The van der Waals surface area contributed by atoms with E-state index < -0.39 is 0 Å². The summed E-state index contributed by atoms with van der Waals surface area (Å²) in [5.74, 6) is -0.238. The van der Waals surface area contributed by atoms with Crippen molar-refractivity contribution in [1.29, 1.82) is 5.26 Å². The molecular weight excluding hydrogens is 352 g/mol. The third kappa shape index (κ3) is 2.39. The summed E-state index contributed by atoms with van der Waals surface area (Å²) in [6, 6.07) is 2.23. The molecule has 0 saturated carbocycles. The maximum atomic E-state index is 12.5. The normalized spacial score (nSPS) is 13.0. The van der Waals surface area contributed by atoms with Crippen LogP contribution in [-0.2, 0) is 19.4 Å². The van der Waals surface area contributed by atoms with Gasteiger partial charge in [0.2, 0.25) is 0 Å². The summed E-state index contributed by atoms with van der Waals surface area (Å²) in [5.41, 5.74) is 2.22. The van der Waals surface area contributed by atoms with E-state index in [2.05, 4.69) is 32.4 Å². The Bertz CT molecular complexity index is 756. The third-order valence-electron chi connectivity index (χ3n) is 3.57. The quantitative estimate of drug-likeness (QED) is 0.907. The third-order valence-corrected chi connectivity index (χ3v) is 5.36. The number of carbonyl (C=O) groups is 1. The van der Waals surface area contributed by atoms with Crippen molar-refractivity contribution >= 4 is 38.2 Å². The highest BCUT2D eigenvalue weighted by Crippen LogP contribution is 2.38. The van der Waals surface area contributed by atoms with Gasteiger partial charge >= 0.3 is 0 Å². The number of hydrogen-bond acceptors (Lipinski definition) is 4. The molecule has 0 unspecified atom stereocenters. The Labute approximate surface area is 134 Å². The maximum Gasteiger partial charge on any atom is 0.275 e. The molecule has 2 heterocycles. The number of aromatic nitrogens is 2. The molecule has 0 aliphatic heterocycles. The van der Waals surface area contributed by atoms with E-state index >= 15 is 0 Å². The lowest BCUT2D eigenvalue weighted by atomic mass is 10.1. The van der Waals surface area contributed by atoms with Crippen molar-refractivity contribution in [2.45, 2.75) is 32.7 Å². The number of carbonyl (C=O) groups excluding carboxylic acids is 1. The Morgan fingerprint density at radius 2 is 2.43 bits per heavy atom. The van der Waals surface area contributed by atoms with Crippen LogP contribution in [0.2, 0.25) is 0 Å². The maximum absolute atomic E-state index is 12.5. The zero-order chi connectivity index (χ0) is 15.0. The first kappa shape index (κ1) is 14.3. The standard InChI is InChI=1S/C14H13BrN4OS/c1-2-19-12(10(15)7-17-19)13(20)18-14-9(6-16)8-4-3-5-11(8)21-14/h7H,2-5H2,1H3,(H,18,20). The number of nitriles is 1. The first-order valence-corrected chi connectivity index (χ1v) is 8.34. The molecule has 0 saturated heterocycles. The van der Waals surface area contributed by atoms with Crippen molar-refractivity contribution in [3.8, 4) is 6.07 Å². The highest BCUT2D eigenvalue weighted by Gasteiger charge is 2.24. The molecule has 1 aliphatic rings. The smallest absolute Gasteiger partial charge is 0.275 e. The number of halogens is 1. The molecule has 7 heteroatoms. The molecule has 1 N–H and O–H groups in total. The molecule has 0 aromatic carbocycles. The number of anilines is 1. The molecule has 5 nitrogen and oxygen atoms in total. The molecule has 21 heavy (non-hydrogen) atoms. The van der Waals surface area contributed by atoms with Crippen molar-refractivity contribution in [2.24, 2.45) is 0 Å². The fraction of sp³-hybridized carbons (Fsp3) is 0.357. The van der Waals surface area contributed by atoms with E-state index in [-0.39, 0.29) is 5.91 Å². The van der Waals surface area contributed by atoms with Crippen LogP contribution in [0.15, 0.2) is 10.7 Å². The molecule has 2 aromatic rings. The zero-order valence-corrected chi connectivity index (χ0v) is 13.8. The number of fused-ring (bicyclic) bond motifs is 1. The van der Waals surface area contributed by atoms with Crippen molar-refractivity contribution in [3.63, 3.8) is 0 Å².